The zero-order chi connectivity index (χ0) is 13.3. The first-order chi connectivity index (χ1) is 8.49. The number of aromatic amines is 1. The number of nitrogens with two attached hydrogens (primary N) is 1. The first-order valence-corrected chi connectivity index (χ1v) is 5.32. The number of hydrogen-bond donors (Lipinski definition) is 2. The van der Waals surface area contributed by atoms with Gasteiger partial charge < -0.3 is 5.73 Å². The molecule has 2 rings (SSSR count). The molecule has 2 aromatic rings. The maximum absolute atomic E-state index is 13.1. The van der Waals surface area contributed by atoms with Crippen molar-refractivity contribution in [3.8, 4) is 0 Å². The summed E-state index contributed by atoms with van der Waals surface area (Å²) in [6.07, 6.45) is 0.893. The largest absolute Gasteiger partial charge is 0.399 e. The van der Waals surface area contributed by atoms with Gasteiger partial charge in [0.25, 0.3) is 5.56 Å². The summed E-state index contributed by atoms with van der Waals surface area (Å²) in [5, 5.41) is 0. The van der Waals surface area contributed by atoms with Crippen molar-refractivity contribution in [2.75, 3.05) is 5.73 Å². The van der Waals surface area contributed by atoms with Gasteiger partial charge in [-0.2, -0.15) is 4.39 Å². The Morgan fingerprint density at radius 3 is 2.83 bits per heavy atom. The van der Waals surface area contributed by atoms with Crippen LogP contribution in [0.3, 0.4) is 0 Å². The number of aromatic nitrogens is 2. The van der Waals surface area contributed by atoms with E-state index in [0.29, 0.717) is 5.69 Å². The molecule has 1 aromatic heterocycles. The third-order valence-electron chi connectivity index (χ3n) is 2.80. The third kappa shape index (κ3) is 2.17. The summed E-state index contributed by atoms with van der Waals surface area (Å²) in [5.74, 6) is -0.990. The van der Waals surface area contributed by atoms with Crippen LogP contribution in [0, 0.1) is 12.7 Å². The minimum absolute atomic E-state index is 0.156. The summed E-state index contributed by atoms with van der Waals surface area (Å²) in [6.45, 7) is 1.97. The number of H-pyrrole nitrogens is 1. The molecule has 1 aromatic carbocycles. The molecule has 0 radical (unpaired) electrons. The number of benzene rings is 1. The highest BCUT2D eigenvalue weighted by molar-refractivity contribution is 5.49. The molecule has 18 heavy (non-hydrogen) atoms. The van der Waals surface area contributed by atoms with Gasteiger partial charge in [-0.05, 0) is 24.1 Å². The molecule has 0 aliphatic rings. The van der Waals surface area contributed by atoms with Crippen LogP contribution in [0.1, 0.15) is 11.1 Å². The fraction of sp³-hybridized carbons (Fsp3) is 0.167. The van der Waals surface area contributed by atoms with E-state index < -0.39 is 17.1 Å². The second kappa shape index (κ2) is 4.48. The second-order valence-electron chi connectivity index (χ2n) is 4.00. The lowest BCUT2D eigenvalue weighted by Gasteiger charge is -2.09. The number of halogens is 1. The van der Waals surface area contributed by atoms with Crippen molar-refractivity contribution in [2.45, 2.75) is 13.5 Å². The third-order valence-corrected chi connectivity index (χ3v) is 2.80. The van der Waals surface area contributed by atoms with Crippen LogP contribution >= 0.6 is 0 Å². The van der Waals surface area contributed by atoms with E-state index in [2.05, 4.69) is 0 Å². The van der Waals surface area contributed by atoms with Gasteiger partial charge in [-0.15, -0.1) is 0 Å². The van der Waals surface area contributed by atoms with E-state index >= 15 is 0 Å². The zero-order valence-electron chi connectivity index (χ0n) is 9.74. The molecule has 0 atom stereocenters. The van der Waals surface area contributed by atoms with Crippen LogP contribution in [0.5, 0.6) is 0 Å². The molecule has 0 saturated heterocycles. The molecular weight excluding hydrogens is 237 g/mol. The van der Waals surface area contributed by atoms with Crippen LogP contribution in [0.2, 0.25) is 0 Å². The van der Waals surface area contributed by atoms with Gasteiger partial charge in [0.05, 0.1) is 12.7 Å². The molecule has 1 heterocycles. The predicted molar refractivity (Wildman–Crippen MR) is 66.0 cm³/mol. The highest BCUT2D eigenvalue weighted by Gasteiger charge is 2.06. The Morgan fingerprint density at radius 1 is 1.39 bits per heavy atom. The van der Waals surface area contributed by atoms with Gasteiger partial charge in [0, 0.05) is 5.69 Å². The smallest absolute Gasteiger partial charge is 0.328 e. The maximum Gasteiger partial charge on any atom is 0.328 e. The summed E-state index contributed by atoms with van der Waals surface area (Å²) < 4.78 is 14.2. The molecule has 0 spiro atoms. The van der Waals surface area contributed by atoms with Crippen LogP contribution in [0.15, 0.2) is 34.0 Å². The van der Waals surface area contributed by atoms with Crippen LogP contribution in [-0.4, -0.2) is 9.55 Å². The number of nitrogens with zero attached hydrogens (tertiary/aromatic N) is 1. The minimum Gasteiger partial charge on any atom is -0.399 e. The SMILES string of the molecule is Cc1c(N)cccc1Cn1cc(F)c(=O)[nH]c1=O. The maximum atomic E-state index is 13.1. The second-order valence-corrected chi connectivity index (χ2v) is 4.00. The van der Waals surface area contributed by atoms with Crippen molar-refractivity contribution in [2.24, 2.45) is 0 Å². The first kappa shape index (κ1) is 12.1. The van der Waals surface area contributed by atoms with E-state index in [-0.39, 0.29) is 6.54 Å². The molecule has 6 heteroatoms. The molecular formula is C12H12FN3O2. The highest BCUT2D eigenvalue weighted by atomic mass is 19.1. The molecule has 0 amide bonds. The lowest BCUT2D eigenvalue weighted by Crippen LogP contribution is -2.31. The van der Waals surface area contributed by atoms with E-state index in [4.69, 9.17) is 5.73 Å². The molecule has 0 aliphatic heterocycles. The fourth-order valence-corrected chi connectivity index (χ4v) is 1.66. The summed E-state index contributed by atoms with van der Waals surface area (Å²) in [7, 11) is 0. The minimum atomic E-state index is -1.01. The van der Waals surface area contributed by atoms with Gasteiger partial charge in [-0.1, -0.05) is 12.1 Å². The predicted octanol–water partition coefficient (Wildman–Crippen LogP) is 0.615. The molecule has 0 bridgehead atoms. The Morgan fingerprint density at radius 2 is 2.11 bits per heavy atom. The lowest BCUT2D eigenvalue weighted by atomic mass is 10.1. The number of hydrogen-bond acceptors (Lipinski definition) is 3. The Hall–Kier alpha value is -2.37. The van der Waals surface area contributed by atoms with Crippen molar-refractivity contribution in [1.82, 2.24) is 9.55 Å². The zero-order valence-corrected chi connectivity index (χ0v) is 9.74. The number of nitrogen functional groups attached to an aromatic ring is 1. The van der Waals surface area contributed by atoms with E-state index in [1.54, 1.807) is 18.2 Å². The average Bonchev–Trinajstić information content (AvgIpc) is 2.32. The monoisotopic (exact) mass is 249 g/mol. The number of anilines is 1. The van der Waals surface area contributed by atoms with Gasteiger partial charge in [0.1, 0.15) is 0 Å². The fourth-order valence-electron chi connectivity index (χ4n) is 1.66. The van der Waals surface area contributed by atoms with Crippen LogP contribution in [0.25, 0.3) is 0 Å². The van der Waals surface area contributed by atoms with Crippen molar-refractivity contribution in [1.29, 1.82) is 0 Å². The molecule has 0 unspecified atom stereocenters. The molecule has 3 N–H and O–H groups in total. The topological polar surface area (TPSA) is 80.9 Å². The lowest BCUT2D eigenvalue weighted by molar-refractivity contribution is 0.565. The normalized spacial score (nSPS) is 10.6. The van der Waals surface area contributed by atoms with E-state index in [0.717, 1.165) is 21.9 Å². The van der Waals surface area contributed by atoms with Crippen molar-refractivity contribution in [3.63, 3.8) is 0 Å². The average molecular weight is 249 g/mol. The molecule has 5 nitrogen and oxygen atoms in total. The Bertz CT molecular complexity index is 703. The summed E-state index contributed by atoms with van der Waals surface area (Å²) in [4.78, 5) is 24.3. The van der Waals surface area contributed by atoms with E-state index in [1.807, 2.05) is 11.9 Å². The Balaban J connectivity index is 2.47. The quantitative estimate of drug-likeness (QED) is 0.765. The van der Waals surface area contributed by atoms with E-state index in [9.17, 15) is 14.0 Å². The van der Waals surface area contributed by atoms with Crippen LogP contribution in [-0.2, 0) is 6.54 Å². The molecule has 94 valence electrons. The van der Waals surface area contributed by atoms with Gasteiger partial charge >= 0.3 is 5.69 Å². The molecule has 0 fully saturated rings. The number of nitrogens with one attached hydrogen (secondary N) is 1. The standard InChI is InChI=1S/C12H12FN3O2/c1-7-8(3-2-4-10(7)14)5-16-6-9(13)11(17)15-12(16)18/h2-4,6H,5,14H2,1H3,(H,15,17,18). The van der Waals surface area contributed by atoms with Crippen LogP contribution in [0.4, 0.5) is 10.1 Å². The summed E-state index contributed by atoms with van der Waals surface area (Å²) >= 11 is 0. The van der Waals surface area contributed by atoms with Crippen molar-refractivity contribution in [3.05, 3.63) is 62.2 Å². The number of rotatable bonds is 2. The van der Waals surface area contributed by atoms with Gasteiger partial charge in [-0.3, -0.25) is 14.3 Å². The Labute approximate surface area is 102 Å². The molecule has 0 saturated carbocycles. The van der Waals surface area contributed by atoms with Gasteiger partial charge in [-0.25, -0.2) is 4.79 Å². The van der Waals surface area contributed by atoms with Crippen molar-refractivity contribution >= 4 is 5.69 Å². The van der Waals surface area contributed by atoms with E-state index in [1.165, 1.54) is 0 Å². The Kier molecular flexibility index (Phi) is 3.01. The first-order valence-electron chi connectivity index (χ1n) is 5.32. The van der Waals surface area contributed by atoms with Gasteiger partial charge in [0.15, 0.2) is 0 Å². The summed E-state index contributed by atoms with van der Waals surface area (Å²) in [5.41, 5.74) is 6.31. The highest BCUT2D eigenvalue weighted by Crippen LogP contribution is 2.15. The molecule has 0 aliphatic carbocycles. The van der Waals surface area contributed by atoms with Crippen LogP contribution < -0.4 is 17.0 Å². The summed E-state index contributed by atoms with van der Waals surface area (Å²) in [6, 6.07) is 5.29. The van der Waals surface area contributed by atoms with Gasteiger partial charge in [0.2, 0.25) is 5.82 Å². The van der Waals surface area contributed by atoms with Crippen molar-refractivity contribution < 1.29 is 4.39 Å².